The van der Waals surface area contributed by atoms with E-state index in [1.807, 2.05) is 37.3 Å². The van der Waals surface area contributed by atoms with E-state index in [2.05, 4.69) is 17.9 Å². The summed E-state index contributed by atoms with van der Waals surface area (Å²) in [5.74, 6) is 0.281. The van der Waals surface area contributed by atoms with Crippen molar-refractivity contribution in [2.45, 2.75) is 38.7 Å². The summed E-state index contributed by atoms with van der Waals surface area (Å²) in [6.07, 6.45) is 1.18. The van der Waals surface area contributed by atoms with Crippen LogP contribution in [0.2, 0.25) is 0 Å². The molecule has 132 valence electrons. The highest BCUT2D eigenvalue weighted by atomic mass is 16.3. The zero-order chi connectivity index (χ0) is 17.8. The van der Waals surface area contributed by atoms with E-state index in [0.717, 1.165) is 43.6 Å². The maximum Gasteiger partial charge on any atom is 0.195 e. The molecular formula is C22H27NO2. The van der Waals surface area contributed by atoms with Crippen LogP contribution < -0.4 is 0 Å². The van der Waals surface area contributed by atoms with Crippen molar-refractivity contribution in [2.24, 2.45) is 0 Å². The minimum atomic E-state index is -1.10. The molecule has 1 aliphatic rings. The molecular weight excluding hydrogens is 310 g/mol. The molecule has 0 radical (unpaired) electrons. The summed E-state index contributed by atoms with van der Waals surface area (Å²) < 4.78 is 0. The largest absolute Gasteiger partial charge is 0.380 e. The van der Waals surface area contributed by atoms with E-state index in [1.165, 1.54) is 5.56 Å². The first kappa shape index (κ1) is 17.8. The molecule has 0 spiro atoms. The minimum Gasteiger partial charge on any atom is -0.380 e. The molecule has 3 rings (SSSR count). The third-order valence-corrected chi connectivity index (χ3v) is 5.49. The van der Waals surface area contributed by atoms with E-state index in [-0.39, 0.29) is 5.78 Å². The molecule has 1 unspecified atom stereocenters. The predicted octanol–water partition coefficient (Wildman–Crippen LogP) is 4.11. The molecule has 2 aromatic rings. The second kappa shape index (κ2) is 7.94. The molecule has 3 nitrogen and oxygen atoms in total. The lowest BCUT2D eigenvalue weighted by atomic mass is 9.83. The van der Waals surface area contributed by atoms with Gasteiger partial charge in [0.2, 0.25) is 0 Å². The van der Waals surface area contributed by atoms with Gasteiger partial charge in [0.25, 0.3) is 0 Å². The lowest BCUT2D eigenvalue weighted by Crippen LogP contribution is -2.32. The number of aliphatic hydroxyl groups excluding tert-OH is 1. The van der Waals surface area contributed by atoms with E-state index < -0.39 is 6.10 Å². The van der Waals surface area contributed by atoms with Crippen molar-refractivity contribution in [3.63, 3.8) is 0 Å². The smallest absolute Gasteiger partial charge is 0.195 e. The van der Waals surface area contributed by atoms with E-state index in [1.54, 1.807) is 12.1 Å². The van der Waals surface area contributed by atoms with E-state index in [0.29, 0.717) is 11.5 Å². The maximum atomic E-state index is 12.6. The molecule has 1 aliphatic heterocycles. The van der Waals surface area contributed by atoms with Crippen LogP contribution in [0.1, 0.15) is 58.8 Å². The fraction of sp³-hybridized carbons (Fsp3) is 0.409. The number of benzene rings is 2. The number of likely N-dealkylation sites (tertiary alicyclic amines) is 1. The van der Waals surface area contributed by atoms with Crippen LogP contribution in [0, 0.1) is 6.92 Å². The van der Waals surface area contributed by atoms with Crippen LogP contribution in [0.15, 0.2) is 48.5 Å². The van der Waals surface area contributed by atoms with Gasteiger partial charge in [0.15, 0.2) is 5.78 Å². The Morgan fingerprint density at radius 3 is 2.44 bits per heavy atom. The average molecular weight is 337 g/mol. The molecule has 1 N–H and O–H groups in total. The Morgan fingerprint density at radius 2 is 1.80 bits per heavy atom. The average Bonchev–Trinajstić information content (AvgIpc) is 2.68. The number of piperidine rings is 1. The number of rotatable bonds is 5. The van der Waals surface area contributed by atoms with Gasteiger partial charge in [0.05, 0.1) is 0 Å². The molecule has 1 atom stereocenters. The fourth-order valence-corrected chi connectivity index (χ4v) is 3.87. The first-order chi connectivity index (χ1) is 12.1. The number of aliphatic hydroxyl groups is 1. The zero-order valence-electron chi connectivity index (χ0n) is 15.1. The standard InChI is InChI=1S/C22H27NO2/c1-3-23-14-12-17(13-15-23)19-10-7-11-20(16(19)2)22(25)21(24)18-8-5-4-6-9-18/h4-11,17,22,25H,3,12-15H2,1-2H3. The van der Waals surface area contributed by atoms with Crippen LogP contribution in [0.4, 0.5) is 0 Å². The van der Waals surface area contributed by atoms with Gasteiger partial charge in [0, 0.05) is 5.56 Å². The summed E-state index contributed by atoms with van der Waals surface area (Å²) in [5, 5.41) is 10.7. The van der Waals surface area contributed by atoms with Crippen LogP contribution in [0.5, 0.6) is 0 Å². The number of carbonyl (C=O) groups excluding carboxylic acids is 1. The third kappa shape index (κ3) is 3.83. The van der Waals surface area contributed by atoms with Crippen molar-refractivity contribution in [3.05, 3.63) is 70.8 Å². The van der Waals surface area contributed by atoms with Crippen molar-refractivity contribution in [1.82, 2.24) is 4.90 Å². The SMILES string of the molecule is CCN1CCC(c2cccc(C(O)C(=O)c3ccccc3)c2C)CC1. The topological polar surface area (TPSA) is 40.5 Å². The molecule has 0 bridgehead atoms. The lowest BCUT2D eigenvalue weighted by Gasteiger charge is -2.32. The molecule has 25 heavy (non-hydrogen) atoms. The fourth-order valence-electron chi connectivity index (χ4n) is 3.87. The van der Waals surface area contributed by atoms with Gasteiger partial charge in [-0.25, -0.2) is 0 Å². The maximum absolute atomic E-state index is 12.6. The van der Waals surface area contributed by atoms with Gasteiger partial charge in [-0.2, -0.15) is 0 Å². The van der Waals surface area contributed by atoms with E-state index in [4.69, 9.17) is 0 Å². The van der Waals surface area contributed by atoms with E-state index >= 15 is 0 Å². The van der Waals surface area contributed by atoms with Crippen molar-refractivity contribution in [1.29, 1.82) is 0 Å². The van der Waals surface area contributed by atoms with Crippen molar-refractivity contribution in [2.75, 3.05) is 19.6 Å². The first-order valence-corrected chi connectivity index (χ1v) is 9.21. The lowest BCUT2D eigenvalue weighted by molar-refractivity contribution is 0.0746. The molecule has 1 fully saturated rings. The van der Waals surface area contributed by atoms with Gasteiger partial charge in [-0.1, -0.05) is 55.5 Å². The normalized spacial score (nSPS) is 17.4. The molecule has 2 aromatic carbocycles. The van der Waals surface area contributed by atoms with Gasteiger partial charge in [-0.05, 0) is 62.0 Å². The molecule has 0 saturated carbocycles. The second-order valence-corrected chi connectivity index (χ2v) is 6.90. The minimum absolute atomic E-state index is 0.235. The molecule has 0 amide bonds. The molecule has 0 aliphatic carbocycles. The Morgan fingerprint density at radius 1 is 1.12 bits per heavy atom. The Hall–Kier alpha value is -1.97. The van der Waals surface area contributed by atoms with Crippen LogP contribution in [0.3, 0.4) is 0 Å². The number of Topliss-reactive ketones (excluding diaryl/α,β-unsaturated/α-hetero) is 1. The predicted molar refractivity (Wildman–Crippen MR) is 101 cm³/mol. The Labute approximate surface area is 150 Å². The Balaban J connectivity index is 1.82. The summed E-state index contributed by atoms with van der Waals surface area (Å²) in [6.45, 7) is 7.60. The summed E-state index contributed by atoms with van der Waals surface area (Å²) in [4.78, 5) is 15.1. The summed E-state index contributed by atoms with van der Waals surface area (Å²) >= 11 is 0. The first-order valence-electron chi connectivity index (χ1n) is 9.21. The van der Waals surface area contributed by atoms with Gasteiger partial charge in [0.1, 0.15) is 6.10 Å². The Bertz CT molecular complexity index is 718. The van der Waals surface area contributed by atoms with Gasteiger partial charge in [-0.15, -0.1) is 0 Å². The number of nitrogens with zero attached hydrogens (tertiary/aromatic N) is 1. The quantitative estimate of drug-likeness (QED) is 0.835. The van der Waals surface area contributed by atoms with Gasteiger partial charge < -0.3 is 10.0 Å². The van der Waals surface area contributed by atoms with Crippen molar-refractivity contribution < 1.29 is 9.90 Å². The van der Waals surface area contributed by atoms with Crippen LogP contribution in [-0.2, 0) is 0 Å². The third-order valence-electron chi connectivity index (χ3n) is 5.49. The molecule has 1 saturated heterocycles. The highest BCUT2D eigenvalue weighted by Crippen LogP contribution is 2.33. The highest BCUT2D eigenvalue weighted by molar-refractivity contribution is 6.00. The molecule has 3 heteroatoms. The monoisotopic (exact) mass is 337 g/mol. The summed E-state index contributed by atoms with van der Waals surface area (Å²) in [6, 6.07) is 15.0. The van der Waals surface area contributed by atoms with Crippen LogP contribution in [0.25, 0.3) is 0 Å². The Kier molecular flexibility index (Phi) is 5.67. The van der Waals surface area contributed by atoms with Gasteiger partial charge in [-0.3, -0.25) is 4.79 Å². The zero-order valence-corrected chi connectivity index (χ0v) is 15.1. The summed E-state index contributed by atoms with van der Waals surface area (Å²) in [5.41, 5.74) is 3.64. The van der Waals surface area contributed by atoms with Crippen molar-refractivity contribution in [3.8, 4) is 0 Å². The van der Waals surface area contributed by atoms with E-state index in [9.17, 15) is 9.90 Å². The number of ketones is 1. The number of hydrogen-bond donors (Lipinski definition) is 1. The van der Waals surface area contributed by atoms with Gasteiger partial charge >= 0.3 is 0 Å². The number of hydrogen-bond acceptors (Lipinski definition) is 3. The van der Waals surface area contributed by atoms with Crippen molar-refractivity contribution >= 4 is 5.78 Å². The highest BCUT2D eigenvalue weighted by Gasteiger charge is 2.25. The van der Waals surface area contributed by atoms with Crippen LogP contribution >= 0.6 is 0 Å². The molecule has 1 heterocycles. The molecule has 0 aromatic heterocycles. The van der Waals surface area contributed by atoms with Crippen LogP contribution in [-0.4, -0.2) is 35.4 Å². The number of carbonyl (C=O) groups is 1. The second-order valence-electron chi connectivity index (χ2n) is 6.90. The summed E-state index contributed by atoms with van der Waals surface area (Å²) in [7, 11) is 0.